The van der Waals surface area contributed by atoms with Crippen molar-refractivity contribution in [2.24, 2.45) is 5.92 Å². The third-order valence-corrected chi connectivity index (χ3v) is 3.25. The van der Waals surface area contributed by atoms with Crippen molar-refractivity contribution in [2.45, 2.75) is 39.7 Å². The van der Waals surface area contributed by atoms with Gasteiger partial charge in [0.05, 0.1) is 5.69 Å². The topological polar surface area (TPSA) is 75.4 Å². The van der Waals surface area contributed by atoms with Crippen LogP contribution in [0.15, 0.2) is 10.9 Å². The summed E-state index contributed by atoms with van der Waals surface area (Å²) in [6.45, 7) is 6.37. The van der Waals surface area contributed by atoms with Gasteiger partial charge in [0.1, 0.15) is 0 Å². The number of nitrogens with zero attached hydrogens (tertiary/aromatic N) is 3. The van der Waals surface area contributed by atoms with E-state index in [9.17, 15) is 14.7 Å². The second-order valence-corrected chi connectivity index (χ2v) is 6.11. The largest absolute Gasteiger partial charge is 0.480 e. The van der Waals surface area contributed by atoms with Crippen molar-refractivity contribution in [3.63, 3.8) is 0 Å². The van der Waals surface area contributed by atoms with Gasteiger partial charge in [0.25, 0.3) is 5.56 Å². The molecule has 0 unspecified atom stereocenters. The normalized spacial score (nSPS) is 12.9. The van der Waals surface area contributed by atoms with E-state index in [1.165, 1.54) is 0 Å². The number of likely N-dealkylation sites (N-methyl/N-ethyl adjacent to an activating group) is 1. The van der Waals surface area contributed by atoms with Crippen LogP contribution in [0.25, 0.3) is 0 Å². The second kappa shape index (κ2) is 7.36. The van der Waals surface area contributed by atoms with Gasteiger partial charge in [-0.1, -0.05) is 13.8 Å². The number of hydrogen-bond acceptors (Lipinski definition) is 4. The average Bonchev–Trinajstić information content (AvgIpc) is 2.37. The highest BCUT2D eigenvalue weighted by Crippen LogP contribution is 2.16. The van der Waals surface area contributed by atoms with E-state index in [1.807, 2.05) is 32.8 Å². The zero-order valence-corrected chi connectivity index (χ0v) is 13.5. The fourth-order valence-electron chi connectivity index (χ4n) is 2.13. The predicted octanol–water partition coefficient (Wildman–Crippen LogP) is 1.33. The lowest BCUT2D eigenvalue weighted by molar-refractivity contribution is -0.141. The molecule has 1 N–H and O–H groups in total. The maximum Gasteiger partial charge on any atom is 0.328 e. The van der Waals surface area contributed by atoms with Crippen LogP contribution in [0.1, 0.15) is 37.6 Å². The van der Waals surface area contributed by atoms with Crippen molar-refractivity contribution < 1.29 is 9.90 Å². The number of rotatable bonds is 7. The van der Waals surface area contributed by atoms with Gasteiger partial charge in [-0.25, -0.2) is 9.48 Å². The summed E-state index contributed by atoms with van der Waals surface area (Å²) in [6.07, 6.45) is 1.07. The number of carboxylic acids is 1. The maximum absolute atomic E-state index is 12.2. The van der Waals surface area contributed by atoms with Crippen molar-refractivity contribution >= 4 is 5.97 Å². The summed E-state index contributed by atoms with van der Waals surface area (Å²) in [4.78, 5) is 25.7. The Balaban J connectivity index is 3.19. The molecule has 0 fully saturated rings. The molecule has 0 spiro atoms. The Labute approximate surface area is 125 Å². The fourth-order valence-corrected chi connectivity index (χ4v) is 2.13. The minimum absolute atomic E-state index is 0.172. The first-order valence-electron chi connectivity index (χ1n) is 7.19. The van der Waals surface area contributed by atoms with Gasteiger partial charge in [0.15, 0.2) is 6.04 Å². The van der Waals surface area contributed by atoms with E-state index in [-0.39, 0.29) is 11.5 Å². The van der Waals surface area contributed by atoms with Crippen molar-refractivity contribution in [3.8, 4) is 0 Å². The molecule has 0 bridgehead atoms. The van der Waals surface area contributed by atoms with Crippen molar-refractivity contribution in [1.29, 1.82) is 0 Å². The Bertz CT molecular complexity index is 550. The lowest BCUT2D eigenvalue weighted by atomic mass is 10.0. The van der Waals surface area contributed by atoms with Crippen molar-refractivity contribution in [2.75, 3.05) is 20.6 Å². The van der Waals surface area contributed by atoms with Crippen LogP contribution in [0.4, 0.5) is 0 Å². The summed E-state index contributed by atoms with van der Waals surface area (Å²) in [5.41, 5.74) is 0.959. The van der Waals surface area contributed by atoms with E-state index in [1.54, 1.807) is 13.0 Å². The molecular weight excluding hydrogens is 270 g/mol. The molecule has 0 saturated heterocycles. The quantitative estimate of drug-likeness (QED) is 0.821. The number of aromatic nitrogens is 2. The van der Waals surface area contributed by atoms with Gasteiger partial charge in [-0.2, -0.15) is 5.10 Å². The Morgan fingerprint density at radius 1 is 1.43 bits per heavy atom. The highest BCUT2D eigenvalue weighted by Gasteiger charge is 2.24. The van der Waals surface area contributed by atoms with Crippen LogP contribution in [0.2, 0.25) is 0 Å². The molecule has 1 aromatic heterocycles. The third-order valence-electron chi connectivity index (χ3n) is 3.25. The first-order chi connectivity index (χ1) is 9.72. The minimum Gasteiger partial charge on any atom is -0.480 e. The first-order valence-corrected chi connectivity index (χ1v) is 7.19. The van der Waals surface area contributed by atoms with Crippen LogP contribution in [-0.4, -0.2) is 46.4 Å². The Morgan fingerprint density at radius 3 is 2.52 bits per heavy atom. The van der Waals surface area contributed by atoms with Crippen LogP contribution in [-0.2, 0) is 11.2 Å². The molecule has 0 aliphatic rings. The molecule has 1 rings (SSSR count). The lowest BCUT2D eigenvalue weighted by Crippen LogP contribution is -2.35. The predicted molar refractivity (Wildman–Crippen MR) is 81.6 cm³/mol. The van der Waals surface area contributed by atoms with Crippen LogP contribution in [0.3, 0.4) is 0 Å². The Kier molecular flexibility index (Phi) is 6.08. The summed E-state index contributed by atoms with van der Waals surface area (Å²) in [5.74, 6) is -0.840. The molecule has 0 aliphatic carbocycles. The number of carbonyl (C=O) groups is 1. The van der Waals surface area contributed by atoms with Gasteiger partial charge in [0, 0.05) is 18.5 Å². The summed E-state index contributed by atoms with van der Waals surface area (Å²) < 4.78 is 1.14. The molecule has 6 nitrogen and oxygen atoms in total. The van der Waals surface area contributed by atoms with Crippen molar-refractivity contribution in [3.05, 3.63) is 27.7 Å². The molecule has 118 valence electrons. The number of aliphatic carboxylic acids is 1. The smallest absolute Gasteiger partial charge is 0.328 e. The summed E-state index contributed by atoms with van der Waals surface area (Å²) in [5, 5.41) is 13.7. The zero-order valence-electron chi connectivity index (χ0n) is 13.5. The van der Waals surface area contributed by atoms with Crippen LogP contribution >= 0.6 is 0 Å². The first kappa shape index (κ1) is 17.4. The Morgan fingerprint density at radius 2 is 2.05 bits per heavy atom. The van der Waals surface area contributed by atoms with Crippen LogP contribution in [0.5, 0.6) is 0 Å². The van der Waals surface area contributed by atoms with Gasteiger partial charge >= 0.3 is 5.97 Å². The SMILES string of the molecule is Cc1cc(CCN(C)C)nn([C@@H](CC(C)C)C(=O)O)c1=O. The standard InChI is InChI=1S/C15H25N3O3/c1-10(2)8-13(15(20)21)18-14(19)11(3)9-12(16-18)6-7-17(4)5/h9-10,13H,6-8H2,1-5H3,(H,20,21)/t13-/m0/s1. The van der Waals surface area contributed by atoms with E-state index in [2.05, 4.69) is 5.10 Å². The molecule has 0 saturated carbocycles. The van der Waals surface area contributed by atoms with Crippen LogP contribution < -0.4 is 5.56 Å². The van der Waals surface area contributed by atoms with E-state index in [0.717, 1.165) is 16.9 Å². The molecule has 1 atom stereocenters. The number of carboxylic acid groups (broad SMARTS) is 1. The van der Waals surface area contributed by atoms with E-state index < -0.39 is 12.0 Å². The minimum atomic E-state index is -1.01. The van der Waals surface area contributed by atoms with Crippen molar-refractivity contribution in [1.82, 2.24) is 14.7 Å². The average molecular weight is 295 g/mol. The fraction of sp³-hybridized carbons (Fsp3) is 0.667. The summed E-state index contributed by atoms with van der Waals surface area (Å²) >= 11 is 0. The molecule has 21 heavy (non-hydrogen) atoms. The number of hydrogen-bond donors (Lipinski definition) is 1. The summed E-state index contributed by atoms with van der Waals surface area (Å²) in [7, 11) is 3.92. The molecule has 0 radical (unpaired) electrons. The van der Waals surface area contributed by atoms with Gasteiger partial charge in [-0.15, -0.1) is 0 Å². The molecule has 0 aliphatic heterocycles. The molecule has 1 aromatic rings. The zero-order chi connectivity index (χ0) is 16.2. The third kappa shape index (κ3) is 4.97. The lowest BCUT2D eigenvalue weighted by Gasteiger charge is -2.18. The highest BCUT2D eigenvalue weighted by atomic mass is 16.4. The highest BCUT2D eigenvalue weighted by molar-refractivity contribution is 5.71. The summed E-state index contributed by atoms with van der Waals surface area (Å²) in [6, 6.07) is 0.840. The van der Waals surface area contributed by atoms with Gasteiger partial charge in [0.2, 0.25) is 0 Å². The monoisotopic (exact) mass is 295 g/mol. The van der Waals surface area contributed by atoms with Gasteiger partial charge in [-0.05, 0) is 39.4 Å². The maximum atomic E-state index is 12.2. The molecular formula is C15H25N3O3. The van der Waals surface area contributed by atoms with E-state index in [4.69, 9.17) is 0 Å². The second-order valence-electron chi connectivity index (χ2n) is 6.11. The van der Waals surface area contributed by atoms with Crippen LogP contribution in [0, 0.1) is 12.8 Å². The van der Waals surface area contributed by atoms with Gasteiger partial charge in [-0.3, -0.25) is 4.79 Å². The Hall–Kier alpha value is -1.69. The number of aryl methyl sites for hydroxylation is 1. The molecule has 0 aromatic carbocycles. The molecule has 6 heteroatoms. The van der Waals surface area contributed by atoms with E-state index in [0.29, 0.717) is 18.4 Å². The van der Waals surface area contributed by atoms with Gasteiger partial charge < -0.3 is 10.0 Å². The van der Waals surface area contributed by atoms with E-state index >= 15 is 0 Å². The molecule has 1 heterocycles. The molecule has 0 amide bonds.